The van der Waals surface area contributed by atoms with Crippen LogP contribution in [0, 0.1) is 0 Å². The summed E-state index contributed by atoms with van der Waals surface area (Å²) >= 11 is 0. The summed E-state index contributed by atoms with van der Waals surface area (Å²) in [6.45, 7) is 6.25. The zero-order valence-corrected chi connectivity index (χ0v) is 15.0. The standard InChI is InChI=1S/C20H21N3O4/c1-3-12-27-16-9-7-8-15(13-16)14-21-23-20(25)19(24)22-17-10-5-6-11-18(17)26-4-2/h3,5-11,13-14H,1,4,12H2,2H3,(H,22,24)(H,23,25)/b21-14-. The van der Waals surface area contributed by atoms with Crippen LogP contribution in [-0.4, -0.2) is 31.2 Å². The number of hydrazone groups is 1. The van der Waals surface area contributed by atoms with Gasteiger partial charge in [0.2, 0.25) is 0 Å². The van der Waals surface area contributed by atoms with Gasteiger partial charge < -0.3 is 14.8 Å². The van der Waals surface area contributed by atoms with E-state index in [-0.39, 0.29) is 0 Å². The van der Waals surface area contributed by atoms with Crippen LogP contribution in [0.25, 0.3) is 0 Å². The first-order chi connectivity index (χ1) is 13.1. The molecule has 0 saturated carbocycles. The first-order valence-electron chi connectivity index (χ1n) is 8.34. The SMILES string of the molecule is C=CCOc1cccc(/C=N\NC(=O)C(=O)Nc2ccccc2OCC)c1. The molecule has 2 amide bonds. The first-order valence-corrected chi connectivity index (χ1v) is 8.34. The molecule has 2 N–H and O–H groups in total. The highest BCUT2D eigenvalue weighted by Gasteiger charge is 2.15. The summed E-state index contributed by atoms with van der Waals surface area (Å²) in [5, 5.41) is 6.29. The van der Waals surface area contributed by atoms with Crippen LogP contribution >= 0.6 is 0 Å². The smallest absolute Gasteiger partial charge is 0.329 e. The van der Waals surface area contributed by atoms with Crippen molar-refractivity contribution in [2.24, 2.45) is 5.10 Å². The molecule has 7 nitrogen and oxygen atoms in total. The number of nitrogens with zero attached hydrogens (tertiary/aromatic N) is 1. The van der Waals surface area contributed by atoms with Crippen LogP contribution in [0.2, 0.25) is 0 Å². The summed E-state index contributed by atoms with van der Waals surface area (Å²) in [6, 6.07) is 14.0. The molecule has 140 valence electrons. The van der Waals surface area contributed by atoms with E-state index < -0.39 is 11.8 Å². The van der Waals surface area contributed by atoms with Crippen molar-refractivity contribution in [1.82, 2.24) is 5.43 Å². The predicted molar refractivity (Wildman–Crippen MR) is 104 cm³/mol. The van der Waals surface area contributed by atoms with Gasteiger partial charge in [-0.15, -0.1) is 0 Å². The molecular weight excluding hydrogens is 346 g/mol. The van der Waals surface area contributed by atoms with Gasteiger partial charge in [-0.2, -0.15) is 5.10 Å². The minimum Gasteiger partial charge on any atom is -0.492 e. The number of carbonyl (C=O) groups excluding carboxylic acids is 2. The van der Waals surface area contributed by atoms with Crippen LogP contribution < -0.4 is 20.2 Å². The van der Waals surface area contributed by atoms with Crippen molar-refractivity contribution in [1.29, 1.82) is 0 Å². The molecule has 0 aliphatic heterocycles. The number of para-hydroxylation sites is 2. The Kier molecular flexibility index (Phi) is 7.59. The normalized spacial score (nSPS) is 10.3. The van der Waals surface area contributed by atoms with Gasteiger partial charge in [-0.1, -0.05) is 36.9 Å². The van der Waals surface area contributed by atoms with E-state index in [1.165, 1.54) is 6.21 Å². The maximum Gasteiger partial charge on any atom is 0.329 e. The fourth-order valence-corrected chi connectivity index (χ4v) is 2.09. The quantitative estimate of drug-likeness (QED) is 0.325. The van der Waals surface area contributed by atoms with Crippen molar-refractivity contribution < 1.29 is 19.1 Å². The molecule has 0 aliphatic carbocycles. The van der Waals surface area contributed by atoms with E-state index in [0.29, 0.717) is 36.0 Å². The number of anilines is 1. The monoisotopic (exact) mass is 367 g/mol. The van der Waals surface area contributed by atoms with Crippen LogP contribution in [0.15, 0.2) is 66.3 Å². The number of hydrogen-bond donors (Lipinski definition) is 2. The largest absolute Gasteiger partial charge is 0.492 e. The number of amides is 2. The van der Waals surface area contributed by atoms with Gasteiger partial charge in [0.15, 0.2) is 0 Å². The molecule has 0 aliphatic rings. The second-order valence-electron chi connectivity index (χ2n) is 5.25. The van der Waals surface area contributed by atoms with Gasteiger partial charge in [-0.3, -0.25) is 9.59 Å². The van der Waals surface area contributed by atoms with Gasteiger partial charge in [0.1, 0.15) is 18.1 Å². The molecule has 0 atom stereocenters. The van der Waals surface area contributed by atoms with Crippen molar-refractivity contribution in [3.05, 3.63) is 66.7 Å². The minimum absolute atomic E-state index is 0.390. The fraction of sp³-hybridized carbons (Fsp3) is 0.150. The van der Waals surface area contributed by atoms with Gasteiger partial charge >= 0.3 is 11.8 Å². The van der Waals surface area contributed by atoms with E-state index >= 15 is 0 Å². The summed E-state index contributed by atoms with van der Waals surface area (Å²) in [7, 11) is 0. The highest BCUT2D eigenvalue weighted by atomic mass is 16.5. The molecule has 0 aromatic heterocycles. The Hall–Kier alpha value is -3.61. The summed E-state index contributed by atoms with van der Waals surface area (Å²) < 4.78 is 10.8. The molecule has 27 heavy (non-hydrogen) atoms. The molecule has 2 aromatic carbocycles. The molecule has 2 rings (SSSR count). The van der Waals surface area contributed by atoms with Gasteiger partial charge in [-0.05, 0) is 36.8 Å². The number of carbonyl (C=O) groups is 2. The molecule has 0 heterocycles. The van der Waals surface area contributed by atoms with Crippen molar-refractivity contribution in [2.75, 3.05) is 18.5 Å². The number of rotatable bonds is 8. The lowest BCUT2D eigenvalue weighted by atomic mass is 10.2. The molecule has 0 saturated heterocycles. The average molecular weight is 367 g/mol. The Bertz CT molecular complexity index is 833. The zero-order chi connectivity index (χ0) is 19.5. The number of ether oxygens (including phenoxy) is 2. The summed E-state index contributed by atoms with van der Waals surface area (Å²) in [5.74, 6) is -0.601. The maximum atomic E-state index is 12.0. The zero-order valence-electron chi connectivity index (χ0n) is 15.0. The van der Waals surface area contributed by atoms with E-state index in [2.05, 4.69) is 22.4 Å². The molecular formula is C20H21N3O4. The molecule has 2 aromatic rings. The van der Waals surface area contributed by atoms with Gasteiger partial charge in [0.05, 0.1) is 18.5 Å². The Balaban J connectivity index is 1.92. The summed E-state index contributed by atoms with van der Waals surface area (Å²) in [4.78, 5) is 23.9. The number of nitrogens with one attached hydrogen (secondary N) is 2. The first kappa shape index (κ1) is 19.7. The van der Waals surface area contributed by atoms with Crippen molar-refractivity contribution in [3.63, 3.8) is 0 Å². The third kappa shape index (κ3) is 6.32. The number of benzene rings is 2. The van der Waals surface area contributed by atoms with Gasteiger partial charge in [0, 0.05) is 0 Å². The Morgan fingerprint density at radius 1 is 1.11 bits per heavy atom. The van der Waals surface area contributed by atoms with Gasteiger partial charge in [-0.25, -0.2) is 5.43 Å². The Morgan fingerprint density at radius 3 is 2.70 bits per heavy atom. The Labute approximate surface area is 157 Å². The van der Waals surface area contributed by atoms with Crippen LogP contribution in [0.3, 0.4) is 0 Å². The van der Waals surface area contributed by atoms with E-state index in [9.17, 15) is 9.59 Å². The lowest BCUT2D eigenvalue weighted by Crippen LogP contribution is -2.32. The third-order valence-electron chi connectivity index (χ3n) is 3.25. The highest BCUT2D eigenvalue weighted by molar-refractivity contribution is 6.39. The molecule has 0 fully saturated rings. The minimum atomic E-state index is -0.892. The topological polar surface area (TPSA) is 89.0 Å². The van der Waals surface area contributed by atoms with Gasteiger partial charge in [0.25, 0.3) is 0 Å². The lowest BCUT2D eigenvalue weighted by molar-refractivity contribution is -0.136. The molecule has 0 spiro atoms. The van der Waals surface area contributed by atoms with Crippen molar-refractivity contribution >= 4 is 23.7 Å². The number of hydrogen-bond acceptors (Lipinski definition) is 5. The van der Waals surface area contributed by atoms with Crippen LogP contribution in [0.4, 0.5) is 5.69 Å². The average Bonchev–Trinajstić information content (AvgIpc) is 2.68. The Morgan fingerprint density at radius 2 is 1.93 bits per heavy atom. The van der Waals surface area contributed by atoms with E-state index in [0.717, 1.165) is 0 Å². The highest BCUT2D eigenvalue weighted by Crippen LogP contribution is 2.23. The molecule has 0 radical (unpaired) electrons. The van der Waals surface area contributed by atoms with E-state index in [1.807, 2.05) is 6.92 Å². The molecule has 7 heteroatoms. The summed E-state index contributed by atoms with van der Waals surface area (Å²) in [5.41, 5.74) is 3.31. The second kappa shape index (κ2) is 10.4. The predicted octanol–water partition coefficient (Wildman–Crippen LogP) is 2.74. The van der Waals surface area contributed by atoms with Crippen molar-refractivity contribution in [2.45, 2.75) is 6.92 Å². The van der Waals surface area contributed by atoms with Crippen molar-refractivity contribution in [3.8, 4) is 11.5 Å². The van der Waals surface area contributed by atoms with E-state index in [1.54, 1.807) is 54.6 Å². The lowest BCUT2D eigenvalue weighted by Gasteiger charge is -2.10. The maximum absolute atomic E-state index is 12.0. The fourth-order valence-electron chi connectivity index (χ4n) is 2.09. The van der Waals surface area contributed by atoms with Crippen LogP contribution in [0.5, 0.6) is 11.5 Å². The molecule has 0 unspecified atom stereocenters. The summed E-state index contributed by atoms with van der Waals surface area (Å²) in [6.07, 6.45) is 3.06. The van der Waals surface area contributed by atoms with E-state index in [4.69, 9.17) is 9.47 Å². The van der Waals surface area contributed by atoms with Crippen LogP contribution in [-0.2, 0) is 9.59 Å². The second-order valence-corrected chi connectivity index (χ2v) is 5.25. The third-order valence-corrected chi connectivity index (χ3v) is 3.25. The van der Waals surface area contributed by atoms with Crippen LogP contribution in [0.1, 0.15) is 12.5 Å². The molecule has 0 bridgehead atoms.